The van der Waals surface area contributed by atoms with Gasteiger partial charge in [0.25, 0.3) is 0 Å². The van der Waals surface area contributed by atoms with Crippen molar-refractivity contribution in [3.63, 3.8) is 0 Å². The molecule has 0 aliphatic heterocycles. The molecule has 0 saturated carbocycles. The second-order valence-corrected chi connectivity index (χ2v) is 18.0. The van der Waals surface area contributed by atoms with E-state index in [1.165, 1.54) is 89.9 Å². The summed E-state index contributed by atoms with van der Waals surface area (Å²) in [6, 6.07) is -0.620. The number of carboxylic acid groups (broad SMARTS) is 1. The van der Waals surface area contributed by atoms with E-state index >= 15 is 0 Å². The Labute approximate surface area is 387 Å². The number of carbonyl (C=O) groups is 3. The van der Waals surface area contributed by atoms with Gasteiger partial charge in [0.2, 0.25) is 0 Å². The third-order valence-electron chi connectivity index (χ3n) is 11.1. The Morgan fingerprint density at radius 3 is 1.32 bits per heavy atom. The van der Waals surface area contributed by atoms with E-state index in [2.05, 4.69) is 86.8 Å². The lowest BCUT2D eigenvalue weighted by molar-refractivity contribution is -0.887. The molecule has 0 aliphatic carbocycles. The summed E-state index contributed by atoms with van der Waals surface area (Å²) in [5.41, 5.74) is 0. The van der Waals surface area contributed by atoms with Crippen LogP contribution in [0, 0.1) is 0 Å². The second-order valence-electron chi connectivity index (χ2n) is 18.0. The van der Waals surface area contributed by atoms with Crippen molar-refractivity contribution in [2.75, 3.05) is 41.0 Å². The van der Waals surface area contributed by atoms with Crippen molar-refractivity contribution < 1.29 is 38.2 Å². The predicted molar refractivity (Wildman–Crippen MR) is 266 cm³/mol. The number of carboxylic acids is 1. The SMILES string of the molecule is CC/C=C/C/C=C/C/C=C/C/C=C/CCCCCCCCCCCC(=O)OCC(COCCC(C(=O)O)[N+](C)(C)C)OC(=O)CCCCCCCCC/C=C/C/C=C/CCCCC. The van der Waals surface area contributed by atoms with Crippen molar-refractivity contribution in [2.45, 2.75) is 219 Å². The Kier molecular flexibility index (Phi) is 43.0. The number of allylic oxidation sites excluding steroid dienone is 12. The average molecular weight is 883 g/mol. The largest absolute Gasteiger partial charge is 0.477 e. The zero-order valence-corrected chi connectivity index (χ0v) is 41.3. The van der Waals surface area contributed by atoms with Gasteiger partial charge in [-0.25, -0.2) is 4.79 Å². The van der Waals surface area contributed by atoms with E-state index in [9.17, 15) is 19.5 Å². The van der Waals surface area contributed by atoms with Gasteiger partial charge in [-0.3, -0.25) is 9.59 Å². The molecule has 0 heterocycles. The second kappa shape index (κ2) is 45.3. The Hall–Kier alpha value is -3.23. The first-order chi connectivity index (χ1) is 30.6. The molecule has 0 bridgehead atoms. The van der Waals surface area contributed by atoms with E-state index in [0.29, 0.717) is 19.3 Å². The van der Waals surface area contributed by atoms with Crippen LogP contribution in [-0.4, -0.2) is 80.6 Å². The first kappa shape index (κ1) is 59.8. The summed E-state index contributed by atoms with van der Waals surface area (Å²) < 4.78 is 17.3. The van der Waals surface area contributed by atoms with Gasteiger partial charge in [-0.15, -0.1) is 0 Å². The maximum absolute atomic E-state index is 12.8. The van der Waals surface area contributed by atoms with Gasteiger partial charge in [-0.05, 0) is 83.5 Å². The molecular formula is C55H96NO7+. The summed E-state index contributed by atoms with van der Waals surface area (Å²) in [6.07, 6.45) is 58.0. The first-order valence-electron chi connectivity index (χ1n) is 25.5. The van der Waals surface area contributed by atoms with Crippen LogP contribution in [0.3, 0.4) is 0 Å². The number of hydrogen-bond acceptors (Lipinski definition) is 6. The number of carbonyl (C=O) groups excluding carboxylic acids is 2. The highest BCUT2D eigenvalue weighted by Crippen LogP contribution is 2.15. The summed E-state index contributed by atoms with van der Waals surface area (Å²) >= 11 is 0. The summed E-state index contributed by atoms with van der Waals surface area (Å²) in [5, 5.41) is 9.65. The minimum atomic E-state index is -0.878. The molecule has 0 spiro atoms. The fourth-order valence-corrected chi connectivity index (χ4v) is 7.17. The maximum atomic E-state index is 12.8. The number of unbranched alkanes of at least 4 members (excludes halogenated alkanes) is 19. The minimum absolute atomic E-state index is 0.0534. The fraction of sp³-hybridized carbons (Fsp3) is 0.727. The number of rotatable bonds is 45. The van der Waals surface area contributed by atoms with E-state index in [-0.39, 0.29) is 36.2 Å². The van der Waals surface area contributed by atoms with Crippen LogP contribution < -0.4 is 0 Å². The molecule has 0 rings (SSSR count). The molecule has 2 unspecified atom stereocenters. The normalized spacial score (nSPS) is 13.5. The molecule has 0 fully saturated rings. The molecule has 1 N–H and O–H groups in total. The van der Waals surface area contributed by atoms with E-state index < -0.39 is 18.1 Å². The number of nitrogens with zero attached hydrogens (tertiary/aromatic N) is 1. The van der Waals surface area contributed by atoms with Gasteiger partial charge < -0.3 is 23.8 Å². The minimum Gasteiger partial charge on any atom is -0.477 e. The predicted octanol–water partition coefficient (Wildman–Crippen LogP) is 14.7. The van der Waals surface area contributed by atoms with Crippen LogP contribution in [0.15, 0.2) is 72.9 Å². The molecule has 8 heteroatoms. The molecule has 0 radical (unpaired) electrons. The van der Waals surface area contributed by atoms with Gasteiger partial charge in [-0.2, -0.15) is 0 Å². The van der Waals surface area contributed by atoms with Crippen molar-refractivity contribution in [3.8, 4) is 0 Å². The van der Waals surface area contributed by atoms with Gasteiger partial charge in [-0.1, -0.05) is 177 Å². The van der Waals surface area contributed by atoms with Crippen LogP contribution in [0.2, 0.25) is 0 Å². The Morgan fingerprint density at radius 1 is 0.492 bits per heavy atom. The average Bonchev–Trinajstić information content (AvgIpc) is 3.24. The van der Waals surface area contributed by atoms with Crippen molar-refractivity contribution in [1.29, 1.82) is 0 Å². The van der Waals surface area contributed by atoms with Gasteiger partial charge in [0, 0.05) is 19.3 Å². The summed E-state index contributed by atoms with van der Waals surface area (Å²) in [5.74, 6) is -1.49. The van der Waals surface area contributed by atoms with Crippen molar-refractivity contribution >= 4 is 17.9 Å². The number of likely N-dealkylation sites (N-methyl/N-ethyl adjacent to an activating group) is 1. The van der Waals surface area contributed by atoms with Crippen LogP contribution in [-0.2, 0) is 28.6 Å². The lowest BCUT2D eigenvalue weighted by Crippen LogP contribution is -2.50. The number of ether oxygens (including phenoxy) is 3. The topological polar surface area (TPSA) is 99.1 Å². The van der Waals surface area contributed by atoms with Crippen LogP contribution in [0.4, 0.5) is 0 Å². The molecule has 63 heavy (non-hydrogen) atoms. The molecule has 0 aromatic carbocycles. The zero-order valence-electron chi connectivity index (χ0n) is 41.3. The maximum Gasteiger partial charge on any atom is 0.362 e. The quantitative estimate of drug-likeness (QED) is 0.0281. The summed E-state index contributed by atoms with van der Waals surface area (Å²) in [4.78, 5) is 37.2. The Balaban J connectivity index is 4.27. The Bertz CT molecular complexity index is 1260. The molecular weight excluding hydrogens is 787 g/mol. The highest BCUT2D eigenvalue weighted by molar-refractivity contribution is 5.72. The van der Waals surface area contributed by atoms with Crippen molar-refractivity contribution in [1.82, 2.24) is 0 Å². The van der Waals surface area contributed by atoms with E-state index in [0.717, 1.165) is 83.5 Å². The van der Waals surface area contributed by atoms with Crippen molar-refractivity contribution in [3.05, 3.63) is 72.9 Å². The van der Waals surface area contributed by atoms with Crippen LogP contribution in [0.1, 0.15) is 206 Å². The number of quaternary nitrogens is 1. The molecule has 0 saturated heterocycles. The van der Waals surface area contributed by atoms with Crippen LogP contribution in [0.25, 0.3) is 0 Å². The van der Waals surface area contributed by atoms with Gasteiger partial charge in [0.15, 0.2) is 12.1 Å². The number of aliphatic carboxylic acids is 1. The molecule has 2 atom stereocenters. The highest BCUT2D eigenvalue weighted by Gasteiger charge is 2.31. The van der Waals surface area contributed by atoms with Gasteiger partial charge in [0.05, 0.1) is 34.4 Å². The summed E-state index contributed by atoms with van der Waals surface area (Å²) in [7, 11) is 5.53. The molecule has 0 aromatic rings. The van der Waals surface area contributed by atoms with E-state index in [1.54, 1.807) is 0 Å². The lowest BCUT2D eigenvalue weighted by Gasteiger charge is -2.31. The highest BCUT2D eigenvalue weighted by atomic mass is 16.6. The van der Waals surface area contributed by atoms with Crippen LogP contribution >= 0.6 is 0 Å². The smallest absolute Gasteiger partial charge is 0.362 e. The van der Waals surface area contributed by atoms with Gasteiger partial charge in [0.1, 0.15) is 6.61 Å². The molecule has 0 aromatic heterocycles. The van der Waals surface area contributed by atoms with Gasteiger partial charge >= 0.3 is 17.9 Å². The zero-order chi connectivity index (χ0) is 46.3. The standard InChI is InChI=1S/C55H95NO7/c1-6-8-10-12-14-16-18-20-22-24-25-26-27-28-30-31-33-35-37-39-41-43-45-53(57)62-50-51(49-61-48-47-52(55(59)60)56(3,4)5)63-54(58)46-44-42-40-38-36-34-32-29-23-21-19-17-15-13-11-9-7-2/h8,10,14-17,20-23,25-26,51-52H,6-7,9,11-13,18-19,24,27-50H2,1-5H3/p+1/b10-8+,16-14+,17-15+,22-20+,23-21+,26-25+. The van der Waals surface area contributed by atoms with E-state index in [4.69, 9.17) is 14.2 Å². The third kappa shape index (κ3) is 43.8. The van der Waals surface area contributed by atoms with E-state index in [1.807, 2.05) is 21.1 Å². The molecule has 0 amide bonds. The monoisotopic (exact) mass is 883 g/mol. The Morgan fingerprint density at radius 2 is 0.889 bits per heavy atom. The van der Waals surface area contributed by atoms with Crippen LogP contribution in [0.5, 0.6) is 0 Å². The summed E-state index contributed by atoms with van der Waals surface area (Å²) in [6.45, 7) is 4.59. The number of esters is 2. The molecule has 362 valence electrons. The fourth-order valence-electron chi connectivity index (χ4n) is 7.17. The molecule has 8 nitrogen and oxygen atoms in total. The first-order valence-corrected chi connectivity index (χ1v) is 25.5. The third-order valence-corrected chi connectivity index (χ3v) is 11.1. The van der Waals surface area contributed by atoms with Crippen molar-refractivity contribution in [2.24, 2.45) is 0 Å². The lowest BCUT2D eigenvalue weighted by atomic mass is 10.1. The number of hydrogen-bond donors (Lipinski definition) is 1. The molecule has 0 aliphatic rings.